The van der Waals surface area contributed by atoms with Gasteiger partial charge in [0.05, 0.1) is 13.3 Å². The molecule has 10 heavy (non-hydrogen) atoms. The third-order valence-electron chi connectivity index (χ3n) is 0.884. The number of nitrogens with two attached hydrogens (primary N) is 1. The molecule has 0 amide bonds. The number of esters is 1. The van der Waals surface area contributed by atoms with E-state index in [0.29, 0.717) is 10.0 Å². The summed E-state index contributed by atoms with van der Waals surface area (Å²) in [7, 11) is 1.31. The van der Waals surface area contributed by atoms with Crippen LogP contribution in [0.3, 0.4) is 0 Å². The molecule has 1 aromatic heterocycles. The molecule has 4 nitrogen and oxygen atoms in total. The zero-order valence-electron chi connectivity index (χ0n) is 5.33. The zero-order valence-corrected chi connectivity index (χ0v) is 6.14. The van der Waals surface area contributed by atoms with Crippen LogP contribution < -0.4 is 5.73 Å². The summed E-state index contributed by atoms with van der Waals surface area (Å²) in [5.41, 5.74) is 5.32. The maximum atomic E-state index is 10.7. The van der Waals surface area contributed by atoms with Crippen LogP contribution in [0.25, 0.3) is 0 Å². The average Bonchev–Trinajstić information content (AvgIpc) is 2.34. The molecule has 0 spiro atoms. The Morgan fingerprint density at radius 3 is 3.00 bits per heavy atom. The Bertz CT molecular complexity index is 246. The highest BCUT2D eigenvalue weighted by atomic mass is 32.1. The average molecular weight is 158 g/mol. The number of anilines is 1. The Hall–Kier alpha value is -1.10. The lowest BCUT2D eigenvalue weighted by Gasteiger charge is -1.89. The van der Waals surface area contributed by atoms with Gasteiger partial charge in [0.15, 0.2) is 0 Å². The van der Waals surface area contributed by atoms with Gasteiger partial charge in [0.2, 0.25) is 5.01 Å². The van der Waals surface area contributed by atoms with Crippen molar-refractivity contribution < 1.29 is 9.53 Å². The van der Waals surface area contributed by atoms with Crippen LogP contribution in [0.1, 0.15) is 9.80 Å². The van der Waals surface area contributed by atoms with Crippen molar-refractivity contribution in [3.05, 3.63) is 11.2 Å². The quantitative estimate of drug-likeness (QED) is 0.605. The number of nitrogen functional groups attached to an aromatic ring is 1. The first-order valence-corrected chi connectivity index (χ1v) is 3.35. The van der Waals surface area contributed by atoms with E-state index < -0.39 is 5.97 Å². The van der Waals surface area contributed by atoms with Gasteiger partial charge in [-0.25, -0.2) is 9.78 Å². The molecule has 1 heterocycles. The second-order valence-electron chi connectivity index (χ2n) is 1.56. The number of hydrogen-bond acceptors (Lipinski definition) is 5. The van der Waals surface area contributed by atoms with Gasteiger partial charge in [0.25, 0.3) is 0 Å². The lowest BCUT2D eigenvalue weighted by molar-refractivity contribution is 0.0600. The lowest BCUT2D eigenvalue weighted by atomic mass is 10.7. The minimum absolute atomic E-state index is 0.292. The summed E-state index contributed by atoms with van der Waals surface area (Å²) in [6, 6.07) is 0. The summed E-state index contributed by atoms with van der Waals surface area (Å²) < 4.78 is 4.40. The van der Waals surface area contributed by atoms with Crippen LogP contribution in [-0.2, 0) is 4.74 Å². The van der Waals surface area contributed by atoms with Gasteiger partial charge < -0.3 is 10.5 Å². The number of rotatable bonds is 1. The fourth-order valence-corrected chi connectivity index (χ4v) is 1.07. The summed E-state index contributed by atoms with van der Waals surface area (Å²) in [5.74, 6) is -0.443. The molecule has 0 aliphatic rings. The van der Waals surface area contributed by atoms with Gasteiger partial charge in [-0.3, -0.25) is 0 Å². The second-order valence-corrected chi connectivity index (χ2v) is 2.62. The number of carbonyl (C=O) groups excluding carboxylic acids is 1. The standard InChI is InChI=1S/C5H6N2O2S/c1-9-5(8)4-7-2-3(6)10-4/h2H,6H2,1H3. The number of aromatic nitrogens is 1. The molecule has 0 aliphatic heterocycles. The van der Waals surface area contributed by atoms with Crippen LogP contribution in [0, 0.1) is 0 Å². The number of methoxy groups -OCH3 is 1. The Kier molecular flexibility index (Phi) is 1.86. The van der Waals surface area contributed by atoms with E-state index in [1.165, 1.54) is 13.3 Å². The Balaban J connectivity index is 2.85. The van der Waals surface area contributed by atoms with E-state index in [1.807, 2.05) is 0 Å². The molecule has 0 aliphatic carbocycles. The molecular weight excluding hydrogens is 152 g/mol. The predicted molar refractivity (Wildman–Crippen MR) is 37.9 cm³/mol. The maximum Gasteiger partial charge on any atom is 0.367 e. The minimum Gasteiger partial charge on any atom is -0.464 e. The van der Waals surface area contributed by atoms with Crippen LogP contribution >= 0.6 is 11.3 Å². The number of hydrogen-bond donors (Lipinski definition) is 1. The van der Waals surface area contributed by atoms with E-state index in [9.17, 15) is 4.79 Å². The molecule has 5 heteroatoms. The smallest absolute Gasteiger partial charge is 0.367 e. The SMILES string of the molecule is COC(=O)c1ncc(N)s1. The van der Waals surface area contributed by atoms with Gasteiger partial charge in [-0.1, -0.05) is 11.3 Å². The molecule has 0 aromatic carbocycles. The van der Waals surface area contributed by atoms with Gasteiger partial charge in [0, 0.05) is 0 Å². The van der Waals surface area contributed by atoms with Gasteiger partial charge in [-0.05, 0) is 0 Å². The van der Waals surface area contributed by atoms with Gasteiger partial charge in [-0.15, -0.1) is 0 Å². The Labute approximate surface area is 61.6 Å². The Morgan fingerprint density at radius 2 is 2.60 bits per heavy atom. The van der Waals surface area contributed by atoms with E-state index in [4.69, 9.17) is 5.73 Å². The molecule has 2 N–H and O–H groups in total. The van der Waals surface area contributed by atoms with E-state index in [1.54, 1.807) is 0 Å². The number of thiazole rings is 1. The fourth-order valence-electron chi connectivity index (χ4n) is 0.468. The lowest BCUT2D eigenvalue weighted by Crippen LogP contribution is -1.98. The molecule has 0 bridgehead atoms. The largest absolute Gasteiger partial charge is 0.464 e. The van der Waals surface area contributed by atoms with Crippen molar-refractivity contribution in [3.8, 4) is 0 Å². The van der Waals surface area contributed by atoms with E-state index in [-0.39, 0.29) is 0 Å². The van der Waals surface area contributed by atoms with Gasteiger partial charge in [0.1, 0.15) is 5.00 Å². The topological polar surface area (TPSA) is 65.2 Å². The van der Waals surface area contributed by atoms with Crippen molar-refractivity contribution in [3.63, 3.8) is 0 Å². The van der Waals surface area contributed by atoms with Crippen LogP contribution in [0.2, 0.25) is 0 Å². The summed E-state index contributed by atoms with van der Waals surface area (Å²) >= 11 is 1.11. The molecule has 54 valence electrons. The Morgan fingerprint density at radius 1 is 1.90 bits per heavy atom. The normalized spacial score (nSPS) is 9.30. The molecule has 0 radical (unpaired) electrons. The molecule has 0 fully saturated rings. The fraction of sp³-hybridized carbons (Fsp3) is 0.200. The highest BCUT2D eigenvalue weighted by molar-refractivity contribution is 7.17. The summed E-state index contributed by atoms with van der Waals surface area (Å²) in [6.07, 6.45) is 1.43. The van der Waals surface area contributed by atoms with Crippen molar-refractivity contribution in [1.82, 2.24) is 4.98 Å². The summed E-state index contributed by atoms with van der Waals surface area (Å²) in [4.78, 5) is 14.4. The first-order valence-electron chi connectivity index (χ1n) is 2.53. The van der Waals surface area contributed by atoms with E-state index >= 15 is 0 Å². The molecular formula is C5H6N2O2S. The highest BCUT2D eigenvalue weighted by Gasteiger charge is 2.08. The maximum absolute atomic E-state index is 10.7. The van der Waals surface area contributed by atoms with Crippen molar-refractivity contribution in [1.29, 1.82) is 0 Å². The summed E-state index contributed by atoms with van der Waals surface area (Å²) in [6.45, 7) is 0. The molecule has 1 aromatic rings. The first kappa shape index (κ1) is 7.01. The molecule has 0 saturated heterocycles. The second kappa shape index (κ2) is 2.66. The molecule has 0 saturated carbocycles. The summed E-state index contributed by atoms with van der Waals surface area (Å²) in [5, 5.41) is 0.806. The number of nitrogens with zero attached hydrogens (tertiary/aromatic N) is 1. The van der Waals surface area contributed by atoms with Crippen molar-refractivity contribution in [2.75, 3.05) is 12.8 Å². The number of ether oxygens (including phenoxy) is 1. The van der Waals surface area contributed by atoms with Crippen LogP contribution in [0.5, 0.6) is 0 Å². The van der Waals surface area contributed by atoms with Crippen LogP contribution in [0.15, 0.2) is 6.20 Å². The van der Waals surface area contributed by atoms with Crippen LogP contribution in [0.4, 0.5) is 5.00 Å². The molecule has 0 atom stereocenters. The van der Waals surface area contributed by atoms with Crippen molar-refractivity contribution in [2.24, 2.45) is 0 Å². The number of carbonyl (C=O) groups is 1. The van der Waals surface area contributed by atoms with E-state index in [0.717, 1.165) is 11.3 Å². The monoisotopic (exact) mass is 158 g/mol. The van der Waals surface area contributed by atoms with Gasteiger partial charge >= 0.3 is 5.97 Å². The van der Waals surface area contributed by atoms with Crippen molar-refractivity contribution in [2.45, 2.75) is 0 Å². The molecule has 1 rings (SSSR count). The first-order chi connectivity index (χ1) is 4.74. The van der Waals surface area contributed by atoms with Crippen LogP contribution in [-0.4, -0.2) is 18.1 Å². The molecule has 0 unspecified atom stereocenters. The van der Waals surface area contributed by atoms with E-state index in [2.05, 4.69) is 9.72 Å². The third-order valence-corrected chi connectivity index (χ3v) is 1.69. The van der Waals surface area contributed by atoms with Crippen molar-refractivity contribution >= 4 is 22.3 Å². The van der Waals surface area contributed by atoms with Gasteiger partial charge in [-0.2, -0.15) is 0 Å². The highest BCUT2D eigenvalue weighted by Crippen LogP contribution is 2.14. The minimum atomic E-state index is -0.443. The zero-order chi connectivity index (χ0) is 7.56. The predicted octanol–water partition coefficient (Wildman–Crippen LogP) is 0.512. The third kappa shape index (κ3) is 1.24.